The van der Waals surface area contributed by atoms with Crippen LogP contribution >= 0.6 is 0 Å². The van der Waals surface area contributed by atoms with Gasteiger partial charge in [-0.1, -0.05) is 0 Å². The number of carbonyl (C=O) groups is 2. The van der Waals surface area contributed by atoms with E-state index in [1.54, 1.807) is 0 Å². The molecule has 176 valence electrons. The second-order valence-corrected chi connectivity index (χ2v) is 10.4. The van der Waals surface area contributed by atoms with Crippen LogP contribution in [-0.2, 0) is 19.6 Å². The van der Waals surface area contributed by atoms with Crippen LogP contribution in [0.4, 0.5) is 11.4 Å². The molecular weight excluding hydrogens is 442 g/mol. The predicted molar refractivity (Wildman–Crippen MR) is 126 cm³/mol. The third-order valence-corrected chi connectivity index (χ3v) is 8.00. The monoisotopic (exact) mass is 471 g/mol. The van der Waals surface area contributed by atoms with Gasteiger partial charge in [0.1, 0.15) is 0 Å². The summed E-state index contributed by atoms with van der Waals surface area (Å²) in [7, 11) is -3.54. The zero-order chi connectivity index (χ0) is 23.4. The lowest BCUT2D eigenvalue weighted by atomic mass is 10.1. The van der Waals surface area contributed by atoms with Crippen LogP contribution in [0.2, 0.25) is 0 Å². The summed E-state index contributed by atoms with van der Waals surface area (Å²) in [6, 6.07) is 11.5. The van der Waals surface area contributed by atoms with Crippen LogP contribution in [0, 0.1) is 6.92 Å². The van der Waals surface area contributed by atoms with E-state index in [1.165, 1.54) is 41.4 Å². The number of esters is 1. The normalized spacial score (nSPS) is 16.7. The van der Waals surface area contributed by atoms with Gasteiger partial charge in [-0.05, 0) is 80.6 Å². The minimum Gasteiger partial charge on any atom is -0.452 e. The highest BCUT2D eigenvalue weighted by molar-refractivity contribution is 7.89. The van der Waals surface area contributed by atoms with E-state index in [4.69, 9.17) is 4.74 Å². The van der Waals surface area contributed by atoms with Crippen molar-refractivity contribution in [3.8, 4) is 0 Å². The maximum atomic E-state index is 12.6. The first kappa shape index (κ1) is 23.3. The minimum atomic E-state index is -3.54. The second kappa shape index (κ2) is 9.93. The molecule has 9 heteroatoms. The van der Waals surface area contributed by atoms with Crippen LogP contribution in [0.15, 0.2) is 47.4 Å². The number of anilines is 2. The first-order valence-electron chi connectivity index (χ1n) is 11.3. The van der Waals surface area contributed by atoms with Gasteiger partial charge in [0.25, 0.3) is 5.91 Å². The van der Waals surface area contributed by atoms with E-state index in [0.29, 0.717) is 18.8 Å². The summed E-state index contributed by atoms with van der Waals surface area (Å²) >= 11 is 0. The number of hydrogen-bond donors (Lipinski definition) is 1. The lowest BCUT2D eigenvalue weighted by Gasteiger charge is -2.19. The van der Waals surface area contributed by atoms with Crippen LogP contribution in [0.5, 0.6) is 0 Å². The van der Waals surface area contributed by atoms with E-state index in [1.807, 2.05) is 25.1 Å². The topological polar surface area (TPSA) is 96.0 Å². The molecule has 33 heavy (non-hydrogen) atoms. The average Bonchev–Trinajstić information content (AvgIpc) is 3.54. The van der Waals surface area contributed by atoms with Crippen LogP contribution in [0.1, 0.15) is 41.6 Å². The maximum Gasteiger partial charge on any atom is 0.338 e. The van der Waals surface area contributed by atoms with E-state index in [-0.39, 0.29) is 10.5 Å². The van der Waals surface area contributed by atoms with Crippen LogP contribution in [-0.4, -0.2) is 57.4 Å². The number of ether oxygens (including phenoxy) is 1. The molecule has 0 aliphatic carbocycles. The van der Waals surface area contributed by atoms with E-state index in [0.717, 1.165) is 37.2 Å². The van der Waals surface area contributed by atoms with Crippen molar-refractivity contribution < 1.29 is 22.7 Å². The van der Waals surface area contributed by atoms with Crippen molar-refractivity contribution in [2.75, 3.05) is 43.0 Å². The molecule has 1 N–H and O–H groups in total. The molecule has 2 aromatic carbocycles. The van der Waals surface area contributed by atoms with Crippen molar-refractivity contribution in [3.05, 3.63) is 53.6 Å². The molecule has 2 aromatic rings. The third kappa shape index (κ3) is 5.36. The van der Waals surface area contributed by atoms with Crippen molar-refractivity contribution in [2.45, 2.75) is 37.5 Å². The molecule has 2 fully saturated rings. The van der Waals surface area contributed by atoms with Crippen LogP contribution < -0.4 is 10.2 Å². The van der Waals surface area contributed by atoms with Crippen molar-refractivity contribution >= 4 is 33.3 Å². The van der Waals surface area contributed by atoms with Gasteiger partial charge in [0.2, 0.25) is 10.0 Å². The molecule has 2 aliphatic heterocycles. The van der Waals surface area contributed by atoms with E-state index >= 15 is 0 Å². The zero-order valence-corrected chi connectivity index (χ0v) is 19.6. The maximum absolute atomic E-state index is 12.6. The molecule has 0 bridgehead atoms. The number of sulfonamides is 1. The van der Waals surface area contributed by atoms with Gasteiger partial charge in [0.05, 0.1) is 10.5 Å². The molecule has 0 unspecified atom stereocenters. The molecule has 0 saturated carbocycles. The number of amides is 1. The molecule has 0 radical (unpaired) electrons. The Labute approximate surface area is 194 Å². The third-order valence-electron chi connectivity index (χ3n) is 6.08. The molecule has 2 saturated heterocycles. The highest BCUT2D eigenvalue weighted by Gasteiger charge is 2.27. The number of benzene rings is 2. The number of nitrogens with one attached hydrogen (secondary N) is 1. The Balaban J connectivity index is 1.31. The summed E-state index contributed by atoms with van der Waals surface area (Å²) < 4.78 is 31.7. The number of rotatable bonds is 7. The SMILES string of the molecule is Cc1cc(N2CCCC2)ccc1NC(=O)COC(=O)c1ccc(S(=O)(=O)N2CCCC2)cc1. The van der Waals surface area contributed by atoms with Gasteiger partial charge < -0.3 is 15.0 Å². The first-order valence-corrected chi connectivity index (χ1v) is 12.7. The fourth-order valence-electron chi connectivity index (χ4n) is 4.20. The largest absolute Gasteiger partial charge is 0.452 e. The highest BCUT2D eigenvalue weighted by atomic mass is 32.2. The van der Waals surface area contributed by atoms with Crippen molar-refractivity contribution in [2.24, 2.45) is 0 Å². The Morgan fingerprint density at radius 1 is 0.939 bits per heavy atom. The molecule has 4 rings (SSSR count). The summed E-state index contributed by atoms with van der Waals surface area (Å²) in [4.78, 5) is 27.1. The van der Waals surface area contributed by atoms with Gasteiger partial charge in [0.15, 0.2) is 6.61 Å². The highest BCUT2D eigenvalue weighted by Crippen LogP contribution is 2.25. The van der Waals surface area contributed by atoms with Gasteiger partial charge in [-0.15, -0.1) is 0 Å². The van der Waals surface area contributed by atoms with Crippen molar-refractivity contribution in [3.63, 3.8) is 0 Å². The van der Waals surface area contributed by atoms with E-state index in [2.05, 4.69) is 10.2 Å². The Kier molecular flexibility index (Phi) is 6.99. The number of carbonyl (C=O) groups excluding carboxylic acids is 2. The van der Waals surface area contributed by atoms with E-state index < -0.39 is 28.5 Å². The number of nitrogens with zero attached hydrogens (tertiary/aromatic N) is 2. The Morgan fingerprint density at radius 3 is 2.21 bits per heavy atom. The van der Waals surface area contributed by atoms with Crippen molar-refractivity contribution in [1.29, 1.82) is 0 Å². The number of hydrogen-bond acceptors (Lipinski definition) is 6. The summed E-state index contributed by atoms with van der Waals surface area (Å²) in [5.74, 6) is -1.12. The molecule has 1 amide bonds. The van der Waals surface area contributed by atoms with Crippen molar-refractivity contribution in [1.82, 2.24) is 4.31 Å². The van der Waals surface area contributed by atoms with Gasteiger partial charge >= 0.3 is 5.97 Å². The Morgan fingerprint density at radius 2 is 1.58 bits per heavy atom. The minimum absolute atomic E-state index is 0.145. The Hall–Kier alpha value is -2.91. The van der Waals surface area contributed by atoms with Gasteiger partial charge in [0, 0.05) is 37.6 Å². The lowest BCUT2D eigenvalue weighted by molar-refractivity contribution is -0.119. The van der Waals surface area contributed by atoms with E-state index in [9.17, 15) is 18.0 Å². The number of aryl methyl sites for hydroxylation is 1. The van der Waals surface area contributed by atoms with Gasteiger partial charge in [-0.3, -0.25) is 4.79 Å². The van der Waals surface area contributed by atoms with Crippen LogP contribution in [0.25, 0.3) is 0 Å². The molecule has 2 aliphatic rings. The van der Waals surface area contributed by atoms with Crippen LogP contribution in [0.3, 0.4) is 0 Å². The molecule has 0 atom stereocenters. The summed E-state index contributed by atoms with van der Waals surface area (Å²) in [5, 5.41) is 2.78. The average molecular weight is 472 g/mol. The summed E-state index contributed by atoms with van der Waals surface area (Å²) in [6.45, 7) is 4.63. The standard InChI is InChI=1S/C24H29N3O5S/c1-18-16-20(26-12-2-3-13-26)8-11-22(18)25-23(28)17-32-24(29)19-6-9-21(10-7-19)33(30,31)27-14-4-5-15-27/h6-11,16H,2-5,12-15,17H2,1H3,(H,25,28). The molecule has 0 aromatic heterocycles. The second-order valence-electron chi connectivity index (χ2n) is 8.45. The molecule has 8 nitrogen and oxygen atoms in total. The molecular formula is C24H29N3O5S. The quantitative estimate of drug-likeness (QED) is 0.623. The van der Waals surface area contributed by atoms with Gasteiger partial charge in [-0.2, -0.15) is 4.31 Å². The smallest absolute Gasteiger partial charge is 0.338 e. The predicted octanol–water partition coefficient (Wildman–Crippen LogP) is 3.18. The lowest BCUT2D eigenvalue weighted by Crippen LogP contribution is -2.27. The summed E-state index contributed by atoms with van der Waals surface area (Å²) in [6.07, 6.45) is 4.10. The molecule has 2 heterocycles. The fraction of sp³-hybridized carbons (Fsp3) is 0.417. The Bertz CT molecular complexity index is 1120. The summed E-state index contributed by atoms with van der Waals surface area (Å²) in [5.41, 5.74) is 2.95. The van der Waals surface area contributed by atoms with Gasteiger partial charge in [-0.25, -0.2) is 13.2 Å². The fourth-order valence-corrected chi connectivity index (χ4v) is 5.72. The first-order chi connectivity index (χ1) is 15.8. The molecule has 0 spiro atoms. The zero-order valence-electron chi connectivity index (χ0n) is 18.7.